The Bertz CT molecular complexity index is 236. The van der Waals surface area contributed by atoms with E-state index in [0.29, 0.717) is 36.8 Å². The molecule has 0 aromatic carbocycles. The molecule has 100 valence electrons. The zero-order valence-corrected chi connectivity index (χ0v) is 11.5. The molecule has 0 aliphatic heterocycles. The molecule has 1 fully saturated rings. The molecule has 1 saturated carbocycles. The van der Waals surface area contributed by atoms with Gasteiger partial charge in [0.2, 0.25) is 5.91 Å². The molecule has 0 spiro atoms. The van der Waals surface area contributed by atoms with E-state index in [9.17, 15) is 4.79 Å². The quantitative estimate of drug-likeness (QED) is 0.717. The summed E-state index contributed by atoms with van der Waals surface area (Å²) in [6.07, 6.45) is 5.50. The maximum atomic E-state index is 11.9. The van der Waals surface area contributed by atoms with E-state index < -0.39 is 0 Å². The summed E-state index contributed by atoms with van der Waals surface area (Å²) >= 11 is 0. The smallest absolute Gasteiger partial charge is 0.220 e. The number of hydrogen-bond donors (Lipinski definition) is 2. The number of nitrogens with one attached hydrogen (secondary N) is 1. The minimum Gasteiger partial charge on any atom is -0.353 e. The van der Waals surface area contributed by atoms with Crippen LogP contribution < -0.4 is 11.1 Å². The van der Waals surface area contributed by atoms with E-state index in [1.54, 1.807) is 0 Å². The highest BCUT2D eigenvalue weighted by Gasteiger charge is 2.25. The lowest BCUT2D eigenvalue weighted by Gasteiger charge is -2.32. The molecule has 3 N–H and O–H groups in total. The van der Waals surface area contributed by atoms with E-state index in [1.165, 1.54) is 19.3 Å². The van der Waals surface area contributed by atoms with Gasteiger partial charge in [0.1, 0.15) is 0 Å². The van der Waals surface area contributed by atoms with Crippen molar-refractivity contribution in [3.8, 4) is 0 Å². The molecule has 0 radical (unpaired) electrons. The summed E-state index contributed by atoms with van der Waals surface area (Å²) in [5.74, 6) is 1.84. The van der Waals surface area contributed by atoms with Crippen LogP contribution in [0.5, 0.6) is 0 Å². The summed E-state index contributed by atoms with van der Waals surface area (Å²) in [6.45, 7) is 7.10. The molecule has 0 heterocycles. The molecule has 0 aromatic rings. The molecule has 1 unspecified atom stereocenters. The van der Waals surface area contributed by atoms with Crippen LogP contribution in [-0.4, -0.2) is 18.5 Å². The Morgan fingerprint density at radius 1 is 1.35 bits per heavy atom. The summed E-state index contributed by atoms with van der Waals surface area (Å²) in [6, 6.07) is 0.341. The van der Waals surface area contributed by atoms with E-state index in [0.717, 1.165) is 6.42 Å². The van der Waals surface area contributed by atoms with Crippen LogP contribution in [0.2, 0.25) is 0 Å². The van der Waals surface area contributed by atoms with Crippen molar-refractivity contribution in [3.63, 3.8) is 0 Å². The van der Waals surface area contributed by atoms with Gasteiger partial charge < -0.3 is 11.1 Å². The van der Waals surface area contributed by atoms with E-state index in [-0.39, 0.29) is 5.91 Å². The van der Waals surface area contributed by atoms with Crippen molar-refractivity contribution in [2.45, 2.75) is 58.9 Å². The second-order valence-electron chi connectivity index (χ2n) is 5.98. The summed E-state index contributed by atoms with van der Waals surface area (Å²) in [5, 5.41) is 3.13. The number of amides is 1. The molecule has 1 rings (SSSR count). The second-order valence-corrected chi connectivity index (χ2v) is 5.98. The second kappa shape index (κ2) is 7.00. The first kappa shape index (κ1) is 14.5. The van der Waals surface area contributed by atoms with Gasteiger partial charge in [0.25, 0.3) is 0 Å². The molecule has 1 aliphatic rings. The highest BCUT2D eigenvalue weighted by molar-refractivity contribution is 5.76. The fraction of sp³-hybridized carbons (Fsp3) is 0.929. The Labute approximate surface area is 106 Å². The lowest BCUT2D eigenvalue weighted by Crippen LogP contribution is -2.41. The Balaban J connectivity index is 2.26. The SMILES string of the molecule is CC(C)C[C@H](CN)CC(=O)NC(C)C1CCC1. The first-order valence-corrected chi connectivity index (χ1v) is 7.02. The van der Waals surface area contributed by atoms with Crippen LogP contribution in [0, 0.1) is 17.8 Å². The van der Waals surface area contributed by atoms with Gasteiger partial charge in [-0.1, -0.05) is 20.3 Å². The molecular weight excluding hydrogens is 212 g/mol. The third-order valence-corrected chi connectivity index (χ3v) is 3.86. The number of carbonyl (C=O) groups is 1. The van der Waals surface area contributed by atoms with E-state index in [4.69, 9.17) is 5.73 Å². The Hall–Kier alpha value is -0.570. The van der Waals surface area contributed by atoms with Crippen molar-refractivity contribution < 1.29 is 4.79 Å². The summed E-state index contributed by atoms with van der Waals surface area (Å²) in [7, 11) is 0. The predicted molar refractivity (Wildman–Crippen MR) is 71.6 cm³/mol. The number of hydrogen-bond acceptors (Lipinski definition) is 2. The summed E-state index contributed by atoms with van der Waals surface area (Å²) in [5.41, 5.74) is 5.72. The topological polar surface area (TPSA) is 55.1 Å². The van der Waals surface area contributed by atoms with Crippen molar-refractivity contribution in [2.75, 3.05) is 6.54 Å². The molecule has 0 aromatic heterocycles. The highest BCUT2D eigenvalue weighted by Crippen LogP contribution is 2.29. The van der Waals surface area contributed by atoms with Gasteiger partial charge >= 0.3 is 0 Å². The maximum Gasteiger partial charge on any atom is 0.220 e. The van der Waals surface area contributed by atoms with Crippen molar-refractivity contribution in [1.29, 1.82) is 0 Å². The average molecular weight is 240 g/mol. The van der Waals surface area contributed by atoms with E-state index >= 15 is 0 Å². The average Bonchev–Trinajstić information content (AvgIpc) is 2.12. The van der Waals surface area contributed by atoms with Gasteiger partial charge in [0.05, 0.1) is 0 Å². The van der Waals surface area contributed by atoms with Gasteiger partial charge in [0, 0.05) is 12.5 Å². The van der Waals surface area contributed by atoms with Gasteiger partial charge in [-0.2, -0.15) is 0 Å². The molecule has 17 heavy (non-hydrogen) atoms. The molecule has 3 nitrogen and oxygen atoms in total. The molecule has 2 atom stereocenters. The molecule has 0 saturated heterocycles. The molecule has 1 amide bonds. The lowest BCUT2D eigenvalue weighted by molar-refractivity contribution is -0.123. The Morgan fingerprint density at radius 3 is 2.41 bits per heavy atom. The first-order chi connectivity index (χ1) is 8.02. The molecule has 3 heteroatoms. The molecule has 1 aliphatic carbocycles. The van der Waals surface area contributed by atoms with Gasteiger partial charge in [-0.15, -0.1) is 0 Å². The molecule has 0 bridgehead atoms. The predicted octanol–water partition coefficient (Wildman–Crippen LogP) is 2.30. The standard InChI is InChI=1S/C14H28N2O/c1-10(2)7-12(9-15)8-14(17)16-11(3)13-5-4-6-13/h10-13H,4-9,15H2,1-3H3,(H,16,17)/t11?,12-/m0/s1. The normalized spacial score (nSPS) is 19.8. The van der Waals surface area contributed by atoms with Gasteiger partial charge in [-0.25, -0.2) is 0 Å². The molecular formula is C14H28N2O. The highest BCUT2D eigenvalue weighted by atomic mass is 16.1. The van der Waals surface area contributed by atoms with Crippen LogP contribution >= 0.6 is 0 Å². The van der Waals surface area contributed by atoms with E-state index in [2.05, 4.69) is 26.1 Å². The van der Waals surface area contributed by atoms with E-state index in [1.807, 2.05) is 0 Å². The third kappa shape index (κ3) is 5.07. The van der Waals surface area contributed by atoms with Crippen LogP contribution in [0.1, 0.15) is 52.9 Å². The van der Waals surface area contributed by atoms with Crippen molar-refractivity contribution >= 4 is 5.91 Å². The van der Waals surface area contributed by atoms with Crippen LogP contribution in [0.15, 0.2) is 0 Å². The largest absolute Gasteiger partial charge is 0.353 e. The number of nitrogens with two attached hydrogens (primary N) is 1. The Kier molecular flexibility index (Phi) is 5.96. The zero-order chi connectivity index (χ0) is 12.8. The van der Waals surface area contributed by atoms with Gasteiger partial charge in [-0.3, -0.25) is 4.79 Å². The van der Waals surface area contributed by atoms with Gasteiger partial charge in [0.15, 0.2) is 0 Å². The van der Waals surface area contributed by atoms with Crippen molar-refractivity contribution in [2.24, 2.45) is 23.5 Å². The van der Waals surface area contributed by atoms with Crippen molar-refractivity contribution in [1.82, 2.24) is 5.32 Å². The summed E-state index contributed by atoms with van der Waals surface area (Å²) < 4.78 is 0. The summed E-state index contributed by atoms with van der Waals surface area (Å²) in [4.78, 5) is 11.9. The fourth-order valence-electron chi connectivity index (χ4n) is 2.56. The maximum absolute atomic E-state index is 11.9. The Morgan fingerprint density at radius 2 is 2.00 bits per heavy atom. The van der Waals surface area contributed by atoms with Crippen LogP contribution in [0.3, 0.4) is 0 Å². The first-order valence-electron chi connectivity index (χ1n) is 7.02. The van der Waals surface area contributed by atoms with Crippen LogP contribution in [0.25, 0.3) is 0 Å². The number of carbonyl (C=O) groups excluding carboxylic acids is 1. The fourth-order valence-corrected chi connectivity index (χ4v) is 2.56. The monoisotopic (exact) mass is 240 g/mol. The third-order valence-electron chi connectivity index (χ3n) is 3.86. The minimum atomic E-state index is 0.181. The van der Waals surface area contributed by atoms with Crippen LogP contribution in [-0.2, 0) is 4.79 Å². The van der Waals surface area contributed by atoms with Crippen molar-refractivity contribution in [3.05, 3.63) is 0 Å². The number of rotatable bonds is 7. The zero-order valence-electron chi connectivity index (χ0n) is 11.5. The lowest BCUT2D eigenvalue weighted by atomic mass is 9.80. The minimum absolute atomic E-state index is 0.181. The van der Waals surface area contributed by atoms with Crippen LogP contribution in [0.4, 0.5) is 0 Å². The van der Waals surface area contributed by atoms with Gasteiger partial charge in [-0.05, 0) is 50.5 Å².